The highest BCUT2D eigenvalue weighted by Crippen LogP contribution is 2.26. The van der Waals surface area contributed by atoms with Gasteiger partial charge in [-0.25, -0.2) is 0 Å². The predicted octanol–water partition coefficient (Wildman–Crippen LogP) is 2.39. The van der Waals surface area contributed by atoms with Gasteiger partial charge in [-0.1, -0.05) is 19.1 Å². The highest BCUT2D eigenvalue weighted by Gasteiger charge is 2.29. The van der Waals surface area contributed by atoms with Gasteiger partial charge in [0.25, 0.3) is 0 Å². The second-order valence-corrected chi connectivity index (χ2v) is 4.85. The molecule has 0 aliphatic heterocycles. The van der Waals surface area contributed by atoms with Crippen molar-refractivity contribution < 1.29 is 9.47 Å². The Morgan fingerprint density at radius 1 is 1.22 bits per heavy atom. The van der Waals surface area contributed by atoms with Gasteiger partial charge < -0.3 is 14.8 Å². The molecule has 1 aliphatic rings. The summed E-state index contributed by atoms with van der Waals surface area (Å²) in [6.07, 6.45) is 3.60. The van der Waals surface area contributed by atoms with Gasteiger partial charge in [0, 0.05) is 13.2 Å². The Morgan fingerprint density at radius 3 is 2.56 bits per heavy atom. The molecule has 0 spiro atoms. The first-order chi connectivity index (χ1) is 8.81. The molecule has 1 aromatic rings. The van der Waals surface area contributed by atoms with E-state index in [9.17, 15) is 0 Å². The third kappa shape index (κ3) is 3.72. The van der Waals surface area contributed by atoms with Crippen LogP contribution in [0.15, 0.2) is 24.3 Å². The first kappa shape index (κ1) is 13.4. The number of ether oxygens (including phenoxy) is 2. The van der Waals surface area contributed by atoms with E-state index >= 15 is 0 Å². The molecule has 100 valence electrons. The Hall–Kier alpha value is -1.06. The average Bonchev–Trinajstić information content (AvgIpc) is 2.35. The lowest BCUT2D eigenvalue weighted by atomic mass is 9.89. The maximum absolute atomic E-state index is 5.92. The maximum Gasteiger partial charge on any atom is 0.119 e. The van der Waals surface area contributed by atoms with E-state index in [1.807, 2.05) is 0 Å². The molecular weight excluding hydrogens is 226 g/mol. The van der Waals surface area contributed by atoms with Crippen LogP contribution >= 0.6 is 0 Å². The highest BCUT2D eigenvalue weighted by atomic mass is 16.5. The fraction of sp³-hybridized carbons (Fsp3) is 0.600. The van der Waals surface area contributed by atoms with Gasteiger partial charge in [-0.3, -0.25) is 0 Å². The van der Waals surface area contributed by atoms with Crippen LogP contribution in [0.4, 0.5) is 0 Å². The van der Waals surface area contributed by atoms with Crippen LogP contribution in [0.1, 0.15) is 25.3 Å². The molecule has 0 radical (unpaired) electrons. The van der Waals surface area contributed by atoms with Crippen LogP contribution < -0.4 is 10.1 Å². The van der Waals surface area contributed by atoms with Crippen molar-refractivity contribution in [1.29, 1.82) is 0 Å². The first-order valence-corrected chi connectivity index (χ1v) is 6.79. The third-order valence-corrected chi connectivity index (χ3v) is 3.41. The van der Waals surface area contributed by atoms with Gasteiger partial charge in [-0.2, -0.15) is 0 Å². The number of hydrogen-bond donors (Lipinski definition) is 1. The fourth-order valence-electron chi connectivity index (χ4n) is 2.26. The van der Waals surface area contributed by atoms with Gasteiger partial charge in [0.05, 0.1) is 6.61 Å². The quantitative estimate of drug-likeness (QED) is 0.805. The minimum Gasteiger partial charge on any atom is -0.490 e. The van der Waals surface area contributed by atoms with E-state index in [-0.39, 0.29) is 0 Å². The average molecular weight is 249 g/mol. The summed E-state index contributed by atoms with van der Waals surface area (Å²) in [7, 11) is 1.73. The summed E-state index contributed by atoms with van der Waals surface area (Å²) in [5.74, 6) is 0.983. The van der Waals surface area contributed by atoms with Crippen LogP contribution in [0.3, 0.4) is 0 Å². The molecule has 1 fully saturated rings. The SMILES string of the molecule is CCNC1CC(Oc2ccc(CCOC)cc2)C1. The zero-order valence-corrected chi connectivity index (χ0v) is 11.3. The molecule has 2 rings (SSSR count). The summed E-state index contributed by atoms with van der Waals surface area (Å²) >= 11 is 0. The van der Waals surface area contributed by atoms with Crippen LogP contribution in [0, 0.1) is 0 Å². The summed E-state index contributed by atoms with van der Waals surface area (Å²) in [5.41, 5.74) is 1.29. The minimum absolute atomic E-state index is 0.388. The van der Waals surface area contributed by atoms with E-state index in [0.29, 0.717) is 12.1 Å². The van der Waals surface area contributed by atoms with Gasteiger partial charge in [0.15, 0.2) is 0 Å². The number of methoxy groups -OCH3 is 1. The molecule has 18 heavy (non-hydrogen) atoms. The van der Waals surface area contributed by atoms with Crippen LogP contribution in [-0.4, -0.2) is 32.4 Å². The van der Waals surface area contributed by atoms with Gasteiger partial charge in [-0.05, 0) is 43.5 Å². The molecule has 0 unspecified atom stereocenters. The minimum atomic E-state index is 0.388. The van der Waals surface area contributed by atoms with E-state index in [0.717, 1.165) is 38.2 Å². The second-order valence-electron chi connectivity index (χ2n) is 4.85. The molecule has 1 saturated carbocycles. The number of nitrogens with one attached hydrogen (secondary N) is 1. The van der Waals surface area contributed by atoms with Crippen LogP contribution in [0.5, 0.6) is 5.75 Å². The van der Waals surface area contributed by atoms with Gasteiger partial charge >= 0.3 is 0 Å². The van der Waals surface area contributed by atoms with E-state index < -0.39 is 0 Å². The van der Waals surface area contributed by atoms with E-state index in [2.05, 4.69) is 36.5 Å². The summed E-state index contributed by atoms with van der Waals surface area (Å²) in [4.78, 5) is 0. The van der Waals surface area contributed by atoms with E-state index in [4.69, 9.17) is 9.47 Å². The summed E-state index contributed by atoms with van der Waals surface area (Å²) in [6.45, 7) is 3.96. The maximum atomic E-state index is 5.92. The molecule has 1 aromatic carbocycles. The zero-order valence-electron chi connectivity index (χ0n) is 11.3. The molecule has 1 aliphatic carbocycles. The molecule has 3 heteroatoms. The second kappa shape index (κ2) is 6.76. The number of hydrogen-bond acceptors (Lipinski definition) is 3. The summed E-state index contributed by atoms with van der Waals surface area (Å²) < 4.78 is 11.0. The van der Waals surface area contributed by atoms with Crippen LogP contribution in [0.25, 0.3) is 0 Å². The Labute approximate surface area is 109 Å². The molecule has 0 amide bonds. The monoisotopic (exact) mass is 249 g/mol. The van der Waals surface area contributed by atoms with Gasteiger partial charge in [0.2, 0.25) is 0 Å². The van der Waals surface area contributed by atoms with Crippen molar-refractivity contribution >= 4 is 0 Å². The number of benzene rings is 1. The standard InChI is InChI=1S/C15H23NO2/c1-3-16-13-10-15(11-13)18-14-6-4-12(5-7-14)8-9-17-2/h4-7,13,15-16H,3,8-11H2,1-2H3. The lowest BCUT2D eigenvalue weighted by Crippen LogP contribution is -2.46. The first-order valence-electron chi connectivity index (χ1n) is 6.79. The van der Waals surface area contributed by atoms with Gasteiger partial charge in [0.1, 0.15) is 11.9 Å². The van der Waals surface area contributed by atoms with Gasteiger partial charge in [-0.15, -0.1) is 0 Å². The van der Waals surface area contributed by atoms with Crippen molar-refractivity contribution in [2.45, 2.75) is 38.3 Å². The molecule has 3 nitrogen and oxygen atoms in total. The van der Waals surface area contributed by atoms with Crippen molar-refractivity contribution in [2.24, 2.45) is 0 Å². The zero-order chi connectivity index (χ0) is 12.8. The Bertz CT molecular complexity index is 344. The fourth-order valence-corrected chi connectivity index (χ4v) is 2.26. The topological polar surface area (TPSA) is 30.5 Å². The molecule has 1 N–H and O–H groups in total. The van der Waals surface area contributed by atoms with Crippen molar-refractivity contribution in [3.05, 3.63) is 29.8 Å². The lowest BCUT2D eigenvalue weighted by Gasteiger charge is -2.35. The van der Waals surface area contributed by atoms with Crippen molar-refractivity contribution in [2.75, 3.05) is 20.3 Å². The number of rotatable bonds is 7. The van der Waals surface area contributed by atoms with Crippen molar-refractivity contribution in [3.8, 4) is 5.75 Å². The molecule has 0 atom stereocenters. The predicted molar refractivity (Wildman–Crippen MR) is 73.1 cm³/mol. The molecule has 0 aromatic heterocycles. The van der Waals surface area contributed by atoms with Crippen molar-refractivity contribution in [1.82, 2.24) is 5.32 Å². The van der Waals surface area contributed by atoms with Crippen molar-refractivity contribution in [3.63, 3.8) is 0 Å². The summed E-state index contributed by atoms with van der Waals surface area (Å²) in [5, 5.41) is 3.44. The smallest absolute Gasteiger partial charge is 0.119 e. The highest BCUT2D eigenvalue weighted by molar-refractivity contribution is 5.27. The van der Waals surface area contributed by atoms with E-state index in [1.54, 1.807) is 7.11 Å². The van der Waals surface area contributed by atoms with Crippen LogP contribution in [-0.2, 0) is 11.2 Å². The lowest BCUT2D eigenvalue weighted by molar-refractivity contribution is 0.0859. The van der Waals surface area contributed by atoms with E-state index in [1.165, 1.54) is 5.56 Å². The Kier molecular flexibility index (Phi) is 5.02. The van der Waals surface area contributed by atoms with Crippen LogP contribution in [0.2, 0.25) is 0 Å². The third-order valence-electron chi connectivity index (χ3n) is 3.41. The Morgan fingerprint density at radius 2 is 1.94 bits per heavy atom. The normalized spacial score (nSPS) is 22.6. The molecule has 0 saturated heterocycles. The largest absolute Gasteiger partial charge is 0.490 e. The molecular formula is C15H23NO2. The molecule has 0 bridgehead atoms. The molecule has 0 heterocycles. The summed E-state index contributed by atoms with van der Waals surface area (Å²) in [6, 6.07) is 9.02. The Balaban J connectivity index is 1.74.